The summed E-state index contributed by atoms with van der Waals surface area (Å²) in [4.78, 5) is 0. The summed E-state index contributed by atoms with van der Waals surface area (Å²) >= 11 is 0. The van der Waals surface area contributed by atoms with E-state index in [1.54, 1.807) is 6.26 Å². The number of furan rings is 1. The second kappa shape index (κ2) is 3.43. The minimum atomic E-state index is -0.561. The van der Waals surface area contributed by atoms with Crippen molar-refractivity contribution >= 4 is 0 Å². The lowest BCUT2D eigenvalue weighted by Gasteiger charge is -2.09. The highest BCUT2D eigenvalue weighted by Crippen LogP contribution is 2.55. The molecule has 1 aromatic rings. The maximum Gasteiger partial charge on any atom is 0.109 e. The predicted octanol–water partition coefficient (Wildman–Crippen LogP) is 2.85. The molecule has 0 spiro atoms. The number of aryl methyl sites for hydroxylation is 1. The van der Waals surface area contributed by atoms with E-state index >= 15 is 0 Å². The second-order valence-electron chi connectivity index (χ2n) is 4.22. The number of hydrogen-bond acceptors (Lipinski definition) is 2. The molecule has 0 saturated heterocycles. The molecule has 1 N–H and O–H groups in total. The molecule has 0 bridgehead atoms. The summed E-state index contributed by atoms with van der Waals surface area (Å²) < 4.78 is 5.35. The number of aliphatic hydroxyl groups is 1. The Morgan fingerprint density at radius 3 is 3.00 bits per heavy atom. The minimum absolute atomic E-state index is 0.454. The molecule has 2 nitrogen and oxygen atoms in total. The van der Waals surface area contributed by atoms with Crippen LogP contribution in [-0.4, -0.2) is 5.11 Å². The van der Waals surface area contributed by atoms with Crippen LogP contribution in [0.3, 0.4) is 0 Å². The molecule has 2 rings (SSSR count). The summed E-state index contributed by atoms with van der Waals surface area (Å²) in [6.45, 7) is 4.22. The zero-order valence-corrected chi connectivity index (χ0v) is 8.92. The van der Waals surface area contributed by atoms with Crippen LogP contribution >= 0.6 is 0 Å². The standard InChI is InChI=1S/C12H18O2/c1-3-5-9-8-12(9,13)10-6-7-14-11(10)4-2/h6-7,9,13H,3-5,8H2,1-2H3. The third kappa shape index (κ3) is 1.38. The van der Waals surface area contributed by atoms with E-state index in [-0.39, 0.29) is 0 Å². The van der Waals surface area contributed by atoms with E-state index in [1.165, 1.54) is 0 Å². The van der Waals surface area contributed by atoms with E-state index < -0.39 is 5.60 Å². The first kappa shape index (κ1) is 9.78. The fraction of sp³-hybridized carbons (Fsp3) is 0.667. The van der Waals surface area contributed by atoms with Crippen molar-refractivity contribution in [2.75, 3.05) is 0 Å². The molecule has 0 aliphatic heterocycles. The van der Waals surface area contributed by atoms with Gasteiger partial charge in [0.1, 0.15) is 5.76 Å². The van der Waals surface area contributed by atoms with E-state index in [0.717, 1.165) is 37.0 Å². The molecular weight excluding hydrogens is 176 g/mol. The zero-order chi connectivity index (χ0) is 10.2. The third-order valence-electron chi connectivity index (χ3n) is 3.24. The topological polar surface area (TPSA) is 33.4 Å². The summed E-state index contributed by atoms with van der Waals surface area (Å²) in [5, 5.41) is 10.3. The van der Waals surface area contributed by atoms with E-state index in [9.17, 15) is 5.11 Å². The van der Waals surface area contributed by atoms with Gasteiger partial charge in [-0.15, -0.1) is 0 Å². The smallest absolute Gasteiger partial charge is 0.109 e. The molecule has 1 heterocycles. The van der Waals surface area contributed by atoms with Crippen molar-refractivity contribution in [2.45, 2.75) is 45.1 Å². The Kier molecular flexibility index (Phi) is 2.40. The van der Waals surface area contributed by atoms with Crippen LogP contribution in [0.25, 0.3) is 0 Å². The lowest BCUT2D eigenvalue weighted by molar-refractivity contribution is 0.127. The van der Waals surface area contributed by atoms with Crippen LogP contribution in [0.4, 0.5) is 0 Å². The van der Waals surface area contributed by atoms with Crippen LogP contribution in [0, 0.1) is 5.92 Å². The van der Waals surface area contributed by atoms with Crippen molar-refractivity contribution in [1.82, 2.24) is 0 Å². The van der Waals surface area contributed by atoms with Gasteiger partial charge < -0.3 is 9.52 Å². The lowest BCUT2D eigenvalue weighted by Crippen LogP contribution is -2.09. The van der Waals surface area contributed by atoms with Crippen molar-refractivity contribution in [3.8, 4) is 0 Å². The van der Waals surface area contributed by atoms with Crippen LogP contribution in [-0.2, 0) is 12.0 Å². The Morgan fingerprint density at radius 2 is 2.36 bits per heavy atom. The summed E-state index contributed by atoms with van der Waals surface area (Å²) in [6, 6.07) is 1.93. The molecule has 0 aromatic carbocycles. The van der Waals surface area contributed by atoms with Crippen molar-refractivity contribution in [2.24, 2.45) is 5.92 Å². The van der Waals surface area contributed by atoms with Crippen LogP contribution in [0.15, 0.2) is 16.7 Å². The van der Waals surface area contributed by atoms with Crippen LogP contribution in [0.5, 0.6) is 0 Å². The average Bonchev–Trinajstić information content (AvgIpc) is 2.68. The third-order valence-corrected chi connectivity index (χ3v) is 3.24. The van der Waals surface area contributed by atoms with Crippen LogP contribution < -0.4 is 0 Å². The first-order valence-corrected chi connectivity index (χ1v) is 5.51. The maximum absolute atomic E-state index is 10.3. The molecule has 1 aromatic heterocycles. The maximum atomic E-state index is 10.3. The molecule has 14 heavy (non-hydrogen) atoms. The Hall–Kier alpha value is -0.760. The van der Waals surface area contributed by atoms with Gasteiger partial charge >= 0.3 is 0 Å². The fourth-order valence-electron chi connectivity index (χ4n) is 2.34. The molecular formula is C12H18O2. The van der Waals surface area contributed by atoms with Crippen LogP contribution in [0.1, 0.15) is 44.4 Å². The summed E-state index contributed by atoms with van der Waals surface area (Å²) in [6.07, 6.45) is 5.72. The van der Waals surface area contributed by atoms with Gasteiger partial charge in [-0.3, -0.25) is 0 Å². The minimum Gasteiger partial charge on any atom is -0.469 e. The highest BCUT2D eigenvalue weighted by atomic mass is 16.3. The van der Waals surface area contributed by atoms with Gasteiger partial charge in [0.05, 0.1) is 11.9 Å². The SMILES string of the molecule is CCCC1CC1(O)c1ccoc1CC. The van der Waals surface area contributed by atoms with Gasteiger partial charge in [-0.2, -0.15) is 0 Å². The van der Waals surface area contributed by atoms with Crippen molar-refractivity contribution in [1.29, 1.82) is 0 Å². The molecule has 2 unspecified atom stereocenters. The molecule has 2 heteroatoms. The highest BCUT2D eigenvalue weighted by molar-refractivity contribution is 5.31. The molecule has 1 aliphatic rings. The van der Waals surface area contributed by atoms with Gasteiger partial charge in [-0.1, -0.05) is 20.3 Å². The molecule has 1 fully saturated rings. The van der Waals surface area contributed by atoms with E-state index in [2.05, 4.69) is 13.8 Å². The van der Waals surface area contributed by atoms with Crippen molar-refractivity contribution < 1.29 is 9.52 Å². The van der Waals surface area contributed by atoms with E-state index in [0.29, 0.717) is 5.92 Å². The number of rotatable bonds is 4. The largest absolute Gasteiger partial charge is 0.469 e. The Bertz CT molecular complexity index is 316. The van der Waals surface area contributed by atoms with Crippen molar-refractivity contribution in [3.63, 3.8) is 0 Å². The quantitative estimate of drug-likeness (QED) is 0.799. The second-order valence-corrected chi connectivity index (χ2v) is 4.22. The Balaban J connectivity index is 2.16. The predicted molar refractivity (Wildman–Crippen MR) is 55.0 cm³/mol. The lowest BCUT2D eigenvalue weighted by atomic mass is 10.0. The molecule has 0 radical (unpaired) electrons. The summed E-state index contributed by atoms with van der Waals surface area (Å²) in [5.41, 5.74) is 0.465. The summed E-state index contributed by atoms with van der Waals surface area (Å²) in [5.74, 6) is 1.40. The first-order chi connectivity index (χ1) is 6.72. The van der Waals surface area contributed by atoms with E-state index in [1.807, 2.05) is 6.07 Å². The molecule has 1 aliphatic carbocycles. The highest BCUT2D eigenvalue weighted by Gasteiger charge is 2.54. The van der Waals surface area contributed by atoms with E-state index in [4.69, 9.17) is 4.42 Å². The van der Waals surface area contributed by atoms with Gasteiger partial charge in [0, 0.05) is 12.0 Å². The number of hydrogen-bond donors (Lipinski definition) is 1. The Morgan fingerprint density at radius 1 is 1.57 bits per heavy atom. The Labute approximate surface area is 84.9 Å². The molecule has 0 amide bonds. The molecule has 2 atom stereocenters. The molecule has 1 saturated carbocycles. The monoisotopic (exact) mass is 194 g/mol. The van der Waals surface area contributed by atoms with Gasteiger partial charge in [0.2, 0.25) is 0 Å². The fourth-order valence-corrected chi connectivity index (χ4v) is 2.34. The van der Waals surface area contributed by atoms with Gasteiger partial charge in [-0.25, -0.2) is 0 Å². The van der Waals surface area contributed by atoms with Crippen molar-refractivity contribution in [3.05, 3.63) is 23.7 Å². The summed E-state index contributed by atoms with van der Waals surface area (Å²) in [7, 11) is 0. The van der Waals surface area contributed by atoms with Gasteiger partial charge in [0.15, 0.2) is 0 Å². The van der Waals surface area contributed by atoms with Crippen LogP contribution in [0.2, 0.25) is 0 Å². The zero-order valence-electron chi connectivity index (χ0n) is 8.92. The average molecular weight is 194 g/mol. The molecule has 78 valence electrons. The van der Waals surface area contributed by atoms with Gasteiger partial charge in [0.25, 0.3) is 0 Å². The normalized spacial score (nSPS) is 30.6. The first-order valence-electron chi connectivity index (χ1n) is 5.51. The van der Waals surface area contributed by atoms with Gasteiger partial charge in [-0.05, 0) is 24.8 Å².